The molecule has 0 bridgehead atoms. The van der Waals surface area contributed by atoms with Crippen LogP contribution in [0.25, 0.3) is 0 Å². The van der Waals surface area contributed by atoms with Crippen LogP contribution in [0.15, 0.2) is 0 Å². The number of rotatable bonds is 2. The normalized spacial score (nSPS) is 7.83. The number of ether oxygens (including phenoxy) is 1. The number of esters is 1. The van der Waals surface area contributed by atoms with E-state index in [0.29, 0.717) is 12.5 Å². The molecule has 0 unspecified atom stereocenters. The van der Waals surface area contributed by atoms with E-state index in [-0.39, 0.29) is 18.1 Å². The van der Waals surface area contributed by atoms with E-state index < -0.39 is 0 Å². The van der Waals surface area contributed by atoms with Gasteiger partial charge in [-0.3, -0.25) is 4.79 Å². The summed E-state index contributed by atoms with van der Waals surface area (Å²) in [6.07, 6.45) is 0. The van der Waals surface area contributed by atoms with E-state index in [1.165, 1.54) is 6.92 Å². The molecule has 0 amide bonds. The fourth-order valence-corrected chi connectivity index (χ4v) is 0.284. The smallest absolute Gasteiger partial charge is 0.302 e. The van der Waals surface area contributed by atoms with Gasteiger partial charge in [0.25, 0.3) is 0 Å². The second-order valence-electron chi connectivity index (χ2n) is 2.51. The Hall–Kier alpha value is -0.610. The van der Waals surface area contributed by atoms with E-state index in [1.54, 1.807) is 6.92 Å². The van der Waals surface area contributed by atoms with Crippen LogP contribution in [0.4, 0.5) is 0 Å². The average Bonchev–Trinajstić information content (AvgIpc) is 1.85. The Labute approximate surface area is 73.8 Å². The second kappa shape index (κ2) is 13.0. The number of hydrogen-bond acceptors (Lipinski definition) is 3. The minimum atomic E-state index is -0.196. The maximum Gasteiger partial charge on any atom is 0.302 e. The monoisotopic (exact) mass is 180 g/mol. The molecule has 0 aromatic carbocycles. The van der Waals surface area contributed by atoms with E-state index >= 15 is 0 Å². The summed E-state index contributed by atoms with van der Waals surface area (Å²) in [7, 11) is 0. The predicted molar refractivity (Wildman–Crippen MR) is 47.8 cm³/mol. The molecule has 0 rings (SSSR count). The lowest BCUT2D eigenvalue weighted by molar-refractivity contribution is -0.141. The number of hydrogen-bond donors (Lipinski definition) is 1. The van der Waals surface area contributed by atoms with Crippen molar-refractivity contribution in [3.8, 4) is 0 Å². The summed E-state index contributed by atoms with van der Waals surface area (Å²) in [5.41, 5.74) is 0. The quantitative estimate of drug-likeness (QED) is 0.624. The molecule has 4 nitrogen and oxygen atoms in total. The van der Waals surface area contributed by atoms with Crippen LogP contribution in [0.3, 0.4) is 0 Å². The second-order valence-corrected chi connectivity index (χ2v) is 2.51. The van der Waals surface area contributed by atoms with Crippen molar-refractivity contribution in [1.29, 1.82) is 0 Å². The van der Waals surface area contributed by atoms with Gasteiger partial charge >= 0.3 is 5.97 Å². The van der Waals surface area contributed by atoms with Crippen molar-refractivity contribution in [3.63, 3.8) is 0 Å². The first kappa shape index (κ1) is 17.5. The summed E-state index contributed by atoms with van der Waals surface area (Å²) in [5.74, 6) is 0.248. The summed E-state index contributed by atoms with van der Waals surface area (Å²) >= 11 is 0. The van der Waals surface area contributed by atoms with Gasteiger partial charge in [-0.05, 0) is 12.8 Å². The van der Waals surface area contributed by atoms with Crippen molar-refractivity contribution in [3.05, 3.63) is 0 Å². The van der Waals surface area contributed by atoms with Gasteiger partial charge in [0.05, 0.1) is 6.61 Å². The molecule has 3 N–H and O–H groups in total. The van der Waals surface area contributed by atoms with Crippen LogP contribution in [0.2, 0.25) is 0 Å². The topological polar surface area (TPSA) is 78.0 Å². The molecule has 76 valence electrons. The highest BCUT2D eigenvalue weighted by Crippen LogP contribution is 1.91. The van der Waals surface area contributed by atoms with Crippen LogP contribution < -0.4 is 0 Å². The Morgan fingerprint density at radius 2 is 1.83 bits per heavy atom. The number of carbonyl (C=O) groups excluding carboxylic acids is 1. The highest BCUT2D eigenvalue weighted by Gasteiger charge is 1.94. The molecule has 12 heavy (non-hydrogen) atoms. The fourth-order valence-electron chi connectivity index (χ4n) is 0.284. The summed E-state index contributed by atoms with van der Waals surface area (Å²) in [6.45, 7) is 7.89. The number of aliphatic hydroxyl groups excluding tert-OH is 1. The Morgan fingerprint density at radius 3 is 1.92 bits per heavy atom. The lowest BCUT2D eigenvalue weighted by Gasteiger charge is -2.02. The van der Waals surface area contributed by atoms with Crippen LogP contribution >= 0.6 is 0 Å². The highest BCUT2D eigenvalue weighted by molar-refractivity contribution is 5.65. The molecule has 0 saturated heterocycles. The zero-order chi connectivity index (χ0) is 9.28. The van der Waals surface area contributed by atoms with Crippen LogP contribution in [0.1, 0.15) is 27.7 Å². The molecule has 0 aliphatic heterocycles. The van der Waals surface area contributed by atoms with Crippen molar-refractivity contribution in [1.82, 2.24) is 0 Å². The first-order chi connectivity index (χ1) is 5.04. The number of aliphatic hydroxyl groups is 1. The molecular formula is C8H20O4. The summed E-state index contributed by atoms with van der Waals surface area (Å²) in [6, 6.07) is 0. The average molecular weight is 180 g/mol. The molecule has 0 aromatic rings. The van der Waals surface area contributed by atoms with Gasteiger partial charge in [-0.1, -0.05) is 13.8 Å². The van der Waals surface area contributed by atoms with Gasteiger partial charge in [0.15, 0.2) is 0 Å². The molecule has 0 aliphatic carbocycles. The molecule has 0 atom stereocenters. The van der Waals surface area contributed by atoms with E-state index in [4.69, 9.17) is 5.11 Å². The molecule has 0 aromatic heterocycles. The Bertz CT molecular complexity index is 91.1. The molecular weight excluding hydrogens is 160 g/mol. The van der Waals surface area contributed by atoms with Crippen molar-refractivity contribution in [2.45, 2.75) is 27.7 Å². The van der Waals surface area contributed by atoms with Crippen LogP contribution in [-0.2, 0) is 9.53 Å². The maximum absolute atomic E-state index is 10.1. The van der Waals surface area contributed by atoms with Gasteiger partial charge < -0.3 is 15.3 Å². The Kier molecular flexibility index (Phi) is 18.9. The van der Waals surface area contributed by atoms with Gasteiger partial charge in [-0.25, -0.2) is 0 Å². The van der Waals surface area contributed by atoms with E-state index in [2.05, 4.69) is 4.74 Å². The molecule has 0 heterocycles. The Morgan fingerprint density at radius 1 is 1.50 bits per heavy atom. The minimum absolute atomic E-state index is 0. The van der Waals surface area contributed by atoms with Gasteiger partial charge in [-0.15, -0.1) is 0 Å². The third-order valence-corrected chi connectivity index (χ3v) is 0.620. The molecule has 0 fully saturated rings. The van der Waals surface area contributed by atoms with Gasteiger partial charge in [0.1, 0.15) is 0 Å². The lowest BCUT2D eigenvalue weighted by Crippen LogP contribution is -2.05. The SMILES string of the molecule is CC(=O)OCC(C)C.CCO.O. The predicted octanol–water partition coefficient (Wildman–Crippen LogP) is 0.379. The first-order valence-electron chi connectivity index (χ1n) is 3.78. The van der Waals surface area contributed by atoms with Gasteiger partial charge in [0.2, 0.25) is 0 Å². The highest BCUT2D eigenvalue weighted by atomic mass is 16.5. The van der Waals surface area contributed by atoms with E-state index in [9.17, 15) is 4.79 Å². The van der Waals surface area contributed by atoms with E-state index in [1.807, 2.05) is 13.8 Å². The molecule has 0 spiro atoms. The molecule has 0 radical (unpaired) electrons. The minimum Gasteiger partial charge on any atom is -0.466 e. The molecule has 4 heteroatoms. The summed E-state index contributed by atoms with van der Waals surface area (Å²) in [5, 5.41) is 7.57. The lowest BCUT2D eigenvalue weighted by atomic mass is 10.2. The molecule has 0 saturated carbocycles. The standard InChI is InChI=1S/C6H12O2.C2H6O.H2O/c1-5(2)4-8-6(3)7;1-2-3;/h5H,4H2,1-3H3;3H,2H2,1H3;1H2. The fraction of sp³-hybridized carbons (Fsp3) is 0.875. The number of carbonyl (C=O) groups is 1. The molecule has 0 aliphatic rings. The van der Waals surface area contributed by atoms with Crippen molar-refractivity contribution in [2.24, 2.45) is 5.92 Å². The van der Waals surface area contributed by atoms with Crippen LogP contribution in [0, 0.1) is 5.92 Å². The van der Waals surface area contributed by atoms with Gasteiger partial charge in [-0.2, -0.15) is 0 Å². The van der Waals surface area contributed by atoms with Crippen molar-refractivity contribution >= 4 is 5.97 Å². The maximum atomic E-state index is 10.1. The van der Waals surface area contributed by atoms with Crippen LogP contribution in [0.5, 0.6) is 0 Å². The largest absolute Gasteiger partial charge is 0.466 e. The zero-order valence-electron chi connectivity index (χ0n) is 8.26. The van der Waals surface area contributed by atoms with Crippen molar-refractivity contribution < 1.29 is 20.1 Å². The third kappa shape index (κ3) is 34.3. The van der Waals surface area contributed by atoms with Crippen molar-refractivity contribution in [2.75, 3.05) is 13.2 Å². The van der Waals surface area contributed by atoms with Gasteiger partial charge in [0, 0.05) is 13.5 Å². The third-order valence-electron chi connectivity index (χ3n) is 0.620. The van der Waals surface area contributed by atoms with Crippen LogP contribution in [-0.4, -0.2) is 29.8 Å². The summed E-state index contributed by atoms with van der Waals surface area (Å²) in [4.78, 5) is 10.1. The zero-order valence-corrected chi connectivity index (χ0v) is 8.26. The van der Waals surface area contributed by atoms with E-state index in [0.717, 1.165) is 0 Å². The Balaban J connectivity index is -0.000000177. The summed E-state index contributed by atoms with van der Waals surface area (Å²) < 4.78 is 4.66. The first-order valence-corrected chi connectivity index (χ1v) is 3.78.